The fourth-order valence-electron chi connectivity index (χ4n) is 12.8. The fraction of sp³-hybridized carbons (Fsp3) is 0.111. The molecule has 0 radical (unpaired) electrons. The van der Waals surface area contributed by atoms with E-state index in [0.29, 0.717) is 0 Å². The molecular formula is C90H76Au4P4+4. The van der Waals surface area contributed by atoms with E-state index in [1.807, 2.05) is 60.7 Å². The summed E-state index contributed by atoms with van der Waals surface area (Å²) >= 11 is 0. The second-order valence-electron chi connectivity index (χ2n) is 23.6. The number of rotatable bonds is 18. The van der Waals surface area contributed by atoms with E-state index in [2.05, 4.69) is 278 Å². The molecule has 0 heterocycles. The first kappa shape index (κ1) is 78.9. The smallest absolute Gasteiger partial charge is 0.366 e. The molecule has 0 saturated carbocycles. The van der Waals surface area contributed by atoms with E-state index in [4.69, 9.17) is 25.7 Å². The van der Waals surface area contributed by atoms with Crippen LogP contribution in [0.1, 0.15) is 70.2 Å². The minimum Gasteiger partial charge on any atom is -0.366 e. The van der Waals surface area contributed by atoms with Crippen LogP contribution < -0.4 is 42.4 Å². The summed E-state index contributed by atoms with van der Waals surface area (Å²) in [6, 6.07) is 113. The minimum absolute atomic E-state index is 0. The van der Waals surface area contributed by atoms with Gasteiger partial charge in [-0.3, -0.25) is 23.7 Å². The van der Waals surface area contributed by atoms with Gasteiger partial charge in [-0.05, 0) is 169 Å². The number of hydrogen-bond acceptors (Lipinski definition) is 0. The molecule has 12 aromatic carbocycles. The third-order valence-corrected chi connectivity index (χ3v) is 29.2. The monoisotopic (exact) mass is 2070 g/mol. The van der Waals surface area contributed by atoms with Gasteiger partial charge in [0.1, 0.15) is 0 Å². The summed E-state index contributed by atoms with van der Waals surface area (Å²) in [7, 11) is -2.86. The van der Waals surface area contributed by atoms with Gasteiger partial charge in [0.15, 0.2) is 0 Å². The van der Waals surface area contributed by atoms with E-state index < -0.39 is 31.7 Å². The van der Waals surface area contributed by atoms with Crippen LogP contribution in [0.4, 0.5) is 0 Å². The van der Waals surface area contributed by atoms with Crippen LogP contribution >= 0.6 is 31.7 Å². The van der Waals surface area contributed by atoms with Gasteiger partial charge in [0.05, 0.1) is 98.8 Å². The molecule has 2 aliphatic carbocycles. The van der Waals surface area contributed by atoms with Gasteiger partial charge < -0.3 is 25.7 Å². The van der Waals surface area contributed by atoms with Crippen molar-refractivity contribution in [1.29, 1.82) is 0 Å². The first-order valence-electron chi connectivity index (χ1n) is 32.6. The van der Waals surface area contributed by atoms with Gasteiger partial charge in [-0.25, -0.2) is 0 Å². The zero-order valence-electron chi connectivity index (χ0n) is 54.3. The van der Waals surface area contributed by atoms with E-state index in [-0.39, 0.29) is 89.5 Å². The van der Waals surface area contributed by atoms with Crippen LogP contribution in [0.25, 0.3) is 22.3 Å². The Balaban J connectivity index is 0.000000187. The van der Waals surface area contributed by atoms with Crippen LogP contribution in [-0.4, -0.2) is 24.6 Å². The van der Waals surface area contributed by atoms with Gasteiger partial charge in [-0.2, -0.15) is 0 Å². The van der Waals surface area contributed by atoms with Crippen LogP contribution in [-0.2, 0) is 102 Å². The first-order valence-corrected chi connectivity index (χ1v) is 39.4. The fourth-order valence-corrected chi connectivity index (χ4v) is 23.6. The van der Waals surface area contributed by atoms with E-state index in [0.717, 1.165) is 35.1 Å². The topological polar surface area (TPSA) is 0 Å². The van der Waals surface area contributed by atoms with Gasteiger partial charge in [0, 0.05) is 0 Å². The molecule has 0 aliphatic heterocycles. The molecule has 98 heavy (non-hydrogen) atoms. The molecule has 0 bridgehead atoms. The molecule has 0 atom stereocenters. The Bertz CT molecular complexity index is 3930. The molecule has 12 aromatic rings. The van der Waals surface area contributed by atoms with Crippen molar-refractivity contribution in [2.75, 3.05) is 24.6 Å². The van der Waals surface area contributed by atoms with Gasteiger partial charge in [-0.1, -0.05) is 181 Å². The number of fused-ring (bicyclic) bond motifs is 6. The van der Waals surface area contributed by atoms with Crippen molar-refractivity contribution >= 4 is 74.1 Å². The van der Waals surface area contributed by atoms with E-state index in [1.165, 1.54) is 137 Å². The first-order chi connectivity index (χ1) is 46.5. The maximum absolute atomic E-state index is 7.17. The Morgan fingerprint density at radius 2 is 0.408 bits per heavy atom. The van der Waals surface area contributed by atoms with Gasteiger partial charge >= 0.3 is 89.5 Å². The quantitative estimate of drug-likeness (QED) is 0.0264. The SMILES string of the molecule is [Au+].[Au+].[Au+].[Au+].[C-]#Cc1ccc2c(c1)Cc1ccc(C#[C-])cc1-2.[C-]#Cc1ccc2c(c1)Cc1ccc(C#[C-])cc1-2.c1ccc([PH+](CCCC[PH+](c2ccccc2)c2ccccc2)c2ccccc2)cc1.c1ccc([PH+](CCCC[PH+](c2ccccc2)c2ccccc2)c2ccccc2)cc1. The summed E-state index contributed by atoms with van der Waals surface area (Å²) < 4.78 is 0. The van der Waals surface area contributed by atoms with Crippen LogP contribution in [0.3, 0.4) is 0 Å². The van der Waals surface area contributed by atoms with Gasteiger partial charge in [-0.15, -0.1) is 70.8 Å². The molecule has 0 N–H and O–H groups in total. The summed E-state index contributed by atoms with van der Waals surface area (Å²) in [6.45, 7) is 0. The Kier molecular flexibility index (Phi) is 33.8. The molecule has 0 saturated heterocycles. The average molecular weight is 2070 g/mol. The van der Waals surface area contributed by atoms with E-state index in [1.54, 1.807) is 0 Å². The predicted octanol–water partition coefficient (Wildman–Crippen LogP) is 17.3. The summed E-state index contributed by atoms with van der Waals surface area (Å²) in [5.74, 6) is 9.66. The largest absolute Gasteiger partial charge is 1.00 e. The van der Waals surface area contributed by atoms with Crippen molar-refractivity contribution < 1.29 is 89.5 Å². The standard InChI is InChI=1S/2C28H28P2.2C17H8.4Au/c2*1-5-15-25(16-6-1)29(26-17-7-2-8-18-26)23-13-14-24-30(27-19-9-3-10-20-27)28-21-11-4-12-22-28;2*1-3-12-6-8-16-15(9-12)11-14-7-5-13(4-2)10-17(14)16;;;;/h2*1-12,15-22H,13-14,23-24H2;2*5-10H,11H2;;;;/q;;2*-2;4*+1/p+4. The van der Waals surface area contributed by atoms with E-state index in [9.17, 15) is 0 Å². The molecule has 8 heteroatoms. The Labute approximate surface area is 651 Å². The van der Waals surface area contributed by atoms with Crippen molar-refractivity contribution in [2.24, 2.45) is 0 Å². The van der Waals surface area contributed by atoms with E-state index >= 15 is 0 Å². The maximum Gasteiger partial charge on any atom is 1.00 e. The normalized spacial score (nSPS) is 10.7. The molecule has 14 rings (SSSR count). The summed E-state index contributed by atoms with van der Waals surface area (Å²) in [5, 5.41) is 12.3. The predicted molar refractivity (Wildman–Crippen MR) is 414 cm³/mol. The van der Waals surface area contributed by atoms with Crippen molar-refractivity contribution in [3.05, 3.63) is 386 Å². The Morgan fingerprint density at radius 1 is 0.214 bits per heavy atom. The van der Waals surface area contributed by atoms with Gasteiger partial charge in [0.2, 0.25) is 0 Å². The molecule has 0 amide bonds. The van der Waals surface area contributed by atoms with Crippen LogP contribution in [0, 0.1) is 49.4 Å². The summed E-state index contributed by atoms with van der Waals surface area (Å²) in [5.41, 5.74) is 13.1. The molecule has 0 nitrogen and oxygen atoms in total. The molecule has 0 unspecified atom stereocenters. The molecule has 2 aliphatic rings. The van der Waals surface area contributed by atoms with Crippen molar-refractivity contribution in [3.63, 3.8) is 0 Å². The minimum atomic E-state index is -0.714. The molecule has 0 fully saturated rings. The number of unbranched alkanes of at least 4 members (excludes halogenated alkanes) is 2. The van der Waals surface area contributed by atoms with Crippen molar-refractivity contribution in [3.8, 4) is 45.9 Å². The van der Waals surface area contributed by atoms with Crippen LogP contribution in [0.15, 0.2) is 315 Å². The molecule has 496 valence electrons. The Hall–Kier alpha value is -6.44. The second-order valence-corrected chi connectivity index (χ2v) is 34.0. The Morgan fingerprint density at radius 3 is 0.612 bits per heavy atom. The summed E-state index contributed by atoms with van der Waals surface area (Å²) in [4.78, 5) is 0. The average Bonchev–Trinajstić information content (AvgIpc) is 1.64. The van der Waals surface area contributed by atoms with Crippen molar-refractivity contribution in [2.45, 2.75) is 38.5 Å². The zero-order chi connectivity index (χ0) is 64.5. The molecular weight excluding hydrogens is 1990 g/mol. The van der Waals surface area contributed by atoms with Gasteiger partial charge in [0.25, 0.3) is 0 Å². The van der Waals surface area contributed by atoms with Crippen LogP contribution in [0.5, 0.6) is 0 Å². The van der Waals surface area contributed by atoms with Crippen molar-refractivity contribution in [1.82, 2.24) is 0 Å². The number of hydrogen-bond donors (Lipinski definition) is 0. The third kappa shape index (κ3) is 21.8. The molecule has 0 spiro atoms. The van der Waals surface area contributed by atoms with Crippen LogP contribution in [0.2, 0.25) is 0 Å². The third-order valence-electron chi connectivity index (χ3n) is 17.5. The number of benzene rings is 12. The maximum atomic E-state index is 7.17. The second kappa shape index (κ2) is 42.0. The zero-order valence-corrected chi connectivity index (χ0v) is 67.0. The summed E-state index contributed by atoms with van der Waals surface area (Å²) in [6.07, 6.45) is 40.8. The molecule has 0 aromatic heterocycles.